The number of carbonyl (C=O) groups excluding carboxylic acids is 1. The van der Waals surface area contributed by atoms with Gasteiger partial charge in [-0.05, 0) is 19.1 Å². The van der Waals surface area contributed by atoms with Crippen molar-refractivity contribution in [2.75, 3.05) is 23.0 Å². The van der Waals surface area contributed by atoms with E-state index in [1.165, 1.54) is 0 Å². The molecule has 0 bridgehead atoms. The van der Waals surface area contributed by atoms with Gasteiger partial charge in [0.05, 0.1) is 17.1 Å². The van der Waals surface area contributed by atoms with Crippen molar-refractivity contribution in [1.82, 2.24) is 4.98 Å². The van der Waals surface area contributed by atoms with Gasteiger partial charge < -0.3 is 4.90 Å². The van der Waals surface area contributed by atoms with Gasteiger partial charge in [0.2, 0.25) is 0 Å². The van der Waals surface area contributed by atoms with E-state index in [-0.39, 0.29) is 17.5 Å². The van der Waals surface area contributed by atoms with E-state index in [0.29, 0.717) is 17.9 Å². The summed E-state index contributed by atoms with van der Waals surface area (Å²) in [5, 5.41) is 0. The van der Waals surface area contributed by atoms with Gasteiger partial charge >= 0.3 is 0 Å². The minimum Gasteiger partial charge on any atom is -0.351 e. The summed E-state index contributed by atoms with van der Waals surface area (Å²) in [5.41, 5.74) is 0.499. The number of aldehydes is 1. The normalized spacial score (nSPS) is 23.4. The minimum atomic E-state index is -2.95. The second-order valence-electron chi connectivity index (χ2n) is 4.19. The van der Waals surface area contributed by atoms with E-state index < -0.39 is 9.84 Å². The predicted octanol–water partition coefficient (Wildman–Crippen LogP) is 0.517. The van der Waals surface area contributed by atoms with Gasteiger partial charge in [-0.1, -0.05) is 0 Å². The average molecular weight is 254 g/mol. The topological polar surface area (TPSA) is 67.3 Å². The first-order chi connectivity index (χ1) is 8.03. The van der Waals surface area contributed by atoms with Crippen molar-refractivity contribution >= 4 is 21.9 Å². The van der Waals surface area contributed by atoms with Crippen LogP contribution in [0.25, 0.3) is 0 Å². The molecule has 0 saturated carbocycles. The Hall–Kier alpha value is -1.43. The Bertz CT molecular complexity index is 527. The number of hydrogen-bond acceptors (Lipinski definition) is 5. The monoisotopic (exact) mass is 254 g/mol. The Morgan fingerprint density at radius 2 is 2.29 bits per heavy atom. The molecule has 1 aliphatic heterocycles. The molecule has 5 nitrogen and oxygen atoms in total. The summed E-state index contributed by atoms with van der Waals surface area (Å²) in [7, 11) is -2.95. The van der Waals surface area contributed by atoms with E-state index in [2.05, 4.69) is 4.98 Å². The number of carbonyl (C=O) groups is 1. The summed E-state index contributed by atoms with van der Waals surface area (Å²) in [5.74, 6) is 0.804. The summed E-state index contributed by atoms with van der Waals surface area (Å²) >= 11 is 0. The quantitative estimate of drug-likeness (QED) is 0.720. The minimum absolute atomic E-state index is 0.113. The van der Waals surface area contributed by atoms with Gasteiger partial charge in [-0.2, -0.15) is 0 Å². The SMILES string of the molecule is CC1CS(=O)(=O)CCN1c1ncccc1C=O. The van der Waals surface area contributed by atoms with Crippen molar-refractivity contribution < 1.29 is 13.2 Å². The first-order valence-corrected chi connectivity index (χ1v) is 7.23. The number of rotatable bonds is 2. The highest BCUT2D eigenvalue weighted by atomic mass is 32.2. The van der Waals surface area contributed by atoms with Crippen LogP contribution < -0.4 is 4.90 Å². The molecule has 17 heavy (non-hydrogen) atoms. The summed E-state index contributed by atoms with van der Waals surface area (Å²) in [6.45, 7) is 2.22. The van der Waals surface area contributed by atoms with Crippen LogP contribution in [0.3, 0.4) is 0 Å². The summed E-state index contributed by atoms with van der Waals surface area (Å²) in [4.78, 5) is 17.0. The van der Waals surface area contributed by atoms with Crippen molar-refractivity contribution in [1.29, 1.82) is 0 Å². The molecule has 1 saturated heterocycles. The number of nitrogens with zero attached hydrogens (tertiary/aromatic N) is 2. The zero-order valence-corrected chi connectivity index (χ0v) is 10.4. The van der Waals surface area contributed by atoms with Crippen LogP contribution >= 0.6 is 0 Å². The maximum absolute atomic E-state index is 11.5. The number of sulfone groups is 1. The van der Waals surface area contributed by atoms with Gasteiger partial charge in [0.15, 0.2) is 16.1 Å². The van der Waals surface area contributed by atoms with Gasteiger partial charge in [0.1, 0.15) is 5.82 Å². The lowest BCUT2D eigenvalue weighted by Gasteiger charge is -2.34. The van der Waals surface area contributed by atoms with Gasteiger partial charge in [-0.3, -0.25) is 4.79 Å². The maximum atomic E-state index is 11.5. The van der Waals surface area contributed by atoms with Gasteiger partial charge in [-0.15, -0.1) is 0 Å². The third kappa shape index (κ3) is 2.46. The van der Waals surface area contributed by atoms with Crippen LogP contribution in [0.4, 0.5) is 5.82 Å². The number of aromatic nitrogens is 1. The molecule has 92 valence electrons. The molecule has 1 atom stereocenters. The van der Waals surface area contributed by atoms with Gasteiger partial charge in [0.25, 0.3) is 0 Å². The Balaban J connectivity index is 2.32. The molecule has 0 N–H and O–H groups in total. The second-order valence-corrected chi connectivity index (χ2v) is 6.42. The van der Waals surface area contributed by atoms with Crippen LogP contribution in [0.5, 0.6) is 0 Å². The fraction of sp³-hybridized carbons (Fsp3) is 0.455. The highest BCUT2D eigenvalue weighted by molar-refractivity contribution is 7.91. The lowest BCUT2D eigenvalue weighted by molar-refractivity contribution is 0.112. The van der Waals surface area contributed by atoms with Crippen molar-refractivity contribution in [2.45, 2.75) is 13.0 Å². The average Bonchev–Trinajstić information content (AvgIpc) is 2.28. The largest absolute Gasteiger partial charge is 0.351 e. The van der Waals surface area contributed by atoms with E-state index in [4.69, 9.17) is 0 Å². The number of pyridine rings is 1. The fourth-order valence-electron chi connectivity index (χ4n) is 2.05. The second kappa shape index (κ2) is 4.44. The van der Waals surface area contributed by atoms with E-state index in [0.717, 1.165) is 6.29 Å². The molecule has 1 unspecified atom stereocenters. The highest BCUT2D eigenvalue weighted by Gasteiger charge is 2.29. The van der Waals surface area contributed by atoms with E-state index in [1.54, 1.807) is 18.3 Å². The highest BCUT2D eigenvalue weighted by Crippen LogP contribution is 2.21. The Morgan fingerprint density at radius 3 is 2.94 bits per heavy atom. The molecule has 6 heteroatoms. The first kappa shape index (κ1) is 12.0. The van der Waals surface area contributed by atoms with Crippen LogP contribution in [-0.4, -0.2) is 43.8 Å². The maximum Gasteiger partial charge on any atom is 0.154 e. The first-order valence-electron chi connectivity index (χ1n) is 5.41. The van der Waals surface area contributed by atoms with E-state index in [1.807, 2.05) is 11.8 Å². The fourth-order valence-corrected chi connectivity index (χ4v) is 3.61. The zero-order valence-electron chi connectivity index (χ0n) is 9.54. The Morgan fingerprint density at radius 1 is 1.53 bits per heavy atom. The summed E-state index contributed by atoms with van der Waals surface area (Å²) in [6.07, 6.45) is 2.36. The van der Waals surface area contributed by atoms with Gasteiger partial charge in [0, 0.05) is 18.8 Å². The Kier molecular flexibility index (Phi) is 3.15. The van der Waals surface area contributed by atoms with Crippen LogP contribution in [0, 0.1) is 0 Å². The molecular weight excluding hydrogens is 240 g/mol. The van der Waals surface area contributed by atoms with Crippen molar-refractivity contribution in [3.63, 3.8) is 0 Å². The van der Waals surface area contributed by atoms with Crippen molar-refractivity contribution in [3.8, 4) is 0 Å². The zero-order chi connectivity index (χ0) is 12.5. The molecule has 2 rings (SSSR count). The molecule has 1 aromatic rings. The lowest BCUT2D eigenvalue weighted by atomic mass is 10.2. The molecule has 0 spiro atoms. The molecule has 0 amide bonds. The number of anilines is 1. The van der Waals surface area contributed by atoms with Crippen LogP contribution in [0.1, 0.15) is 17.3 Å². The molecule has 1 fully saturated rings. The molecule has 0 aromatic carbocycles. The van der Waals surface area contributed by atoms with Crippen LogP contribution in [0.2, 0.25) is 0 Å². The van der Waals surface area contributed by atoms with E-state index >= 15 is 0 Å². The third-order valence-electron chi connectivity index (χ3n) is 2.89. The number of hydrogen-bond donors (Lipinski definition) is 0. The third-order valence-corrected chi connectivity index (χ3v) is 4.68. The molecule has 0 aliphatic carbocycles. The molecule has 1 aliphatic rings. The predicted molar refractivity (Wildman–Crippen MR) is 65.1 cm³/mol. The van der Waals surface area contributed by atoms with Crippen LogP contribution in [0.15, 0.2) is 18.3 Å². The van der Waals surface area contributed by atoms with E-state index in [9.17, 15) is 13.2 Å². The molecule has 1 aromatic heterocycles. The Labute approximate surface area is 100 Å². The summed E-state index contributed by atoms with van der Waals surface area (Å²) < 4.78 is 23.0. The van der Waals surface area contributed by atoms with Crippen LogP contribution in [-0.2, 0) is 9.84 Å². The molecular formula is C11H14N2O3S. The smallest absolute Gasteiger partial charge is 0.154 e. The van der Waals surface area contributed by atoms with Gasteiger partial charge in [-0.25, -0.2) is 13.4 Å². The summed E-state index contributed by atoms with van der Waals surface area (Å²) in [6, 6.07) is 3.23. The lowest BCUT2D eigenvalue weighted by Crippen LogP contribution is -2.47. The van der Waals surface area contributed by atoms with Crippen molar-refractivity contribution in [3.05, 3.63) is 23.9 Å². The van der Waals surface area contributed by atoms with Crippen molar-refractivity contribution in [2.24, 2.45) is 0 Å². The standard InChI is InChI=1S/C11H14N2O3S/c1-9-8-17(15,16)6-5-13(9)11-10(7-14)3-2-4-12-11/h2-4,7,9H,5-6,8H2,1H3. The molecule has 0 radical (unpaired) electrons. The molecule has 2 heterocycles.